The van der Waals surface area contributed by atoms with Gasteiger partial charge >= 0.3 is 0 Å². The van der Waals surface area contributed by atoms with E-state index >= 15 is 0 Å². The smallest absolute Gasteiger partial charge is 0.00697 e. The molecule has 0 spiro atoms. The highest BCUT2D eigenvalue weighted by molar-refractivity contribution is 5.63. The fourth-order valence-corrected chi connectivity index (χ4v) is 3.50. The molecule has 4 rings (SSSR count). The van der Waals surface area contributed by atoms with Crippen LogP contribution in [0.3, 0.4) is 0 Å². The Bertz CT molecular complexity index is 1090. The lowest BCUT2D eigenvalue weighted by Crippen LogP contribution is -1.93. The maximum atomic E-state index is 4.19. The van der Waals surface area contributed by atoms with Crippen molar-refractivity contribution in [2.75, 3.05) is 0 Å². The summed E-state index contributed by atoms with van der Waals surface area (Å²) in [6, 6.07) is 38.3. The quantitative estimate of drug-likeness (QED) is 0.251. The first-order chi connectivity index (χ1) is 17.1. The van der Waals surface area contributed by atoms with Crippen molar-refractivity contribution in [3.8, 4) is 11.1 Å². The maximum Gasteiger partial charge on any atom is -0.00697 e. The summed E-state index contributed by atoms with van der Waals surface area (Å²) >= 11 is 0. The minimum atomic E-state index is 0.993. The summed E-state index contributed by atoms with van der Waals surface area (Å²) in [6.07, 6.45) is 3.15. The van der Waals surface area contributed by atoms with Gasteiger partial charge in [-0.05, 0) is 55.4 Å². The number of hydrogen-bond acceptors (Lipinski definition) is 0. The predicted molar refractivity (Wildman–Crippen MR) is 158 cm³/mol. The summed E-state index contributed by atoms with van der Waals surface area (Å²) in [7, 11) is 0. The van der Waals surface area contributed by atoms with E-state index in [0.29, 0.717) is 0 Å². The average molecular weight is 461 g/mol. The Morgan fingerprint density at radius 2 is 1.09 bits per heavy atom. The van der Waals surface area contributed by atoms with Gasteiger partial charge in [-0.25, -0.2) is 0 Å². The lowest BCUT2D eigenvalue weighted by Gasteiger charge is -2.06. The zero-order valence-corrected chi connectivity index (χ0v) is 21.5. The monoisotopic (exact) mass is 460 g/mol. The standard InChI is InChI=1S/C18H20.C13H12.2C2H4/c1-15-8-12-18(13-9-15)14-16(2)10-11-17-6-4-3-5-7-17;1-11-6-5-9-13(10-11)12-7-3-2-4-8-12;2*1-2/h3-9,12-13H,2,10-11,14H2,1H3;2-10H,1H3;2*1-2H2. The lowest BCUT2D eigenvalue weighted by molar-refractivity contribution is 0.904. The number of allylic oxidation sites excluding steroid dienone is 1. The van der Waals surface area contributed by atoms with E-state index in [1.165, 1.54) is 39.0 Å². The molecular weight excluding hydrogens is 420 g/mol. The van der Waals surface area contributed by atoms with Crippen LogP contribution in [0.15, 0.2) is 148 Å². The number of aryl methyl sites for hydroxylation is 3. The van der Waals surface area contributed by atoms with Gasteiger partial charge in [-0.15, -0.1) is 26.3 Å². The van der Waals surface area contributed by atoms with Crippen LogP contribution in [0.2, 0.25) is 0 Å². The van der Waals surface area contributed by atoms with Crippen molar-refractivity contribution in [3.63, 3.8) is 0 Å². The topological polar surface area (TPSA) is 0 Å². The second-order valence-electron chi connectivity index (χ2n) is 8.13. The molecule has 0 aromatic heterocycles. The van der Waals surface area contributed by atoms with Crippen LogP contribution in [-0.4, -0.2) is 0 Å². The van der Waals surface area contributed by atoms with Crippen molar-refractivity contribution in [1.82, 2.24) is 0 Å². The second kappa shape index (κ2) is 17.6. The first-order valence-electron chi connectivity index (χ1n) is 12.0. The molecule has 0 heteroatoms. The molecule has 0 atom stereocenters. The summed E-state index contributed by atoms with van der Waals surface area (Å²) in [6.45, 7) is 20.4. The van der Waals surface area contributed by atoms with Crippen molar-refractivity contribution in [2.45, 2.75) is 33.1 Å². The molecule has 0 bridgehead atoms. The van der Waals surface area contributed by atoms with Gasteiger partial charge in [0.15, 0.2) is 0 Å². The van der Waals surface area contributed by atoms with E-state index in [-0.39, 0.29) is 0 Å². The van der Waals surface area contributed by atoms with Gasteiger partial charge in [0.25, 0.3) is 0 Å². The third kappa shape index (κ3) is 11.7. The van der Waals surface area contributed by atoms with Crippen LogP contribution in [0.5, 0.6) is 0 Å². The van der Waals surface area contributed by atoms with Gasteiger partial charge in [0.2, 0.25) is 0 Å². The molecule has 35 heavy (non-hydrogen) atoms. The van der Waals surface area contributed by atoms with Crippen molar-refractivity contribution >= 4 is 0 Å². The molecule has 0 nitrogen and oxygen atoms in total. The fourth-order valence-electron chi connectivity index (χ4n) is 3.50. The molecule has 0 aliphatic carbocycles. The molecular formula is C35H40. The Hall–Kier alpha value is -3.90. The van der Waals surface area contributed by atoms with Crippen LogP contribution in [-0.2, 0) is 12.8 Å². The minimum Gasteiger partial charge on any atom is -0.106 e. The Labute approximate surface area is 214 Å². The molecule has 0 saturated heterocycles. The predicted octanol–water partition coefficient (Wildman–Crippen LogP) is 9.99. The van der Waals surface area contributed by atoms with E-state index in [1.807, 2.05) is 6.07 Å². The Morgan fingerprint density at radius 1 is 0.543 bits per heavy atom. The van der Waals surface area contributed by atoms with Crippen molar-refractivity contribution in [2.24, 2.45) is 0 Å². The SMILES string of the molecule is C=C.C=C.C=C(CCc1ccccc1)Cc1ccc(C)cc1.Cc1cccc(-c2ccccc2)c1. The molecule has 0 unspecified atom stereocenters. The van der Waals surface area contributed by atoms with Crippen molar-refractivity contribution < 1.29 is 0 Å². The van der Waals surface area contributed by atoms with Gasteiger partial charge in [0.1, 0.15) is 0 Å². The van der Waals surface area contributed by atoms with E-state index in [2.05, 4.69) is 150 Å². The average Bonchev–Trinajstić information content (AvgIpc) is 2.93. The Morgan fingerprint density at radius 3 is 1.66 bits per heavy atom. The lowest BCUT2D eigenvalue weighted by atomic mass is 9.99. The minimum absolute atomic E-state index is 0.993. The van der Waals surface area contributed by atoms with Crippen LogP contribution in [0, 0.1) is 13.8 Å². The van der Waals surface area contributed by atoms with Gasteiger partial charge in [0, 0.05) is 0 Å². The summed E-state index contributed by atoms with van der Waals surface area (Å²) in [4.78, 5) is 0. The van der Waals surface area contributed by atoms with Crippen molar-refractivity contribution in [1.29, 1.82) is 0 Å². The van der Waals surface area contributed by atoms with E-state index in [4.69, 9.17) is 0 Å². The second-order valence-corrected chi connectivity index (χ2v) is 8.13. The molecule has 0 N–H and O–H groups in total. The summed E-state index contributed by atoms with van der Waals surface area (Å²) < 4.78 is 0. The van der Waals surface area contributed by atoms with Crippen LogP contribution < -0.4 is 0 Å². The zero-order chi connectivity index (χ0) is 25.9. The summed E-state index contributed by atoms with van der Waals surface area (Å²) in [5.41, 5.74) is 9.26. The molecule has 4 aromatic rings. The molecule has 0 amide bonds. The van der Waals surface area contributed by atoms with Gasteiger partial charge in [-0.1, -0.05) is 132 Å². The van der Waals surface area contributed by atoms with Gasteiger partial charge < -0.3 is 0 Å². The normalized spacial score (nSPS) is 9.20. The van der Waals surface area contributed by atoms with Crippen LogP contribution in [0.25, 0.3) is 11.1 Å². The summed E-state index contributed by atoms with van der Waals surface area (Å²) in [5, 5.41) is 0. The number of hydrogen-bond donors (Lipinski definition) is 0. The fraction of sp³-hybridized carbons (Fsp3) is 0.143. The van der Waals surface area contributed by atoms with Crippen molar-refractivity contribution in [3.05, 3.63) is 170 Å². The number of rotatable bonds is 6. The molecule has 0 aliphatic rings. The maximum absolute atomic E-state index is 4.19. The first-order valence-corrected chi connectivity index (χ1v) is 12.0. The Balaban J connectivity index is 0.000000318. The van der Waals surface area contributed by atoms with Gasteiger partial charge in [-0.2, -0.15) is 0 Å². The van der Waals surface area contributed by atoms with E-state index in [0.717, 1.165) is 19.3 Å². The highest BCUT2D eigenvalue weighted by Crippen LogP contribution is 2.19. The van der Waals surface area contributed by atoms with Crippen LogP contribution >= 0.6 is 0 Å². The molecule has 4 aromatic carbocycles. The molecule has 180 valence electrons. The largest absolute Gasteiger partial charge is 0.106 e. The molecule has 0 heterocycles. The van der Waals surface area contributed by atoms with E-state index < -0.39 is 0 Å². The van der Waals surface area contributed by atoms with Crippen LogP contribution in [0.1, 0.15) is 28.7 Å². The zero-order valence-electron chi connectivity index (χ0n) is 21.5. The summed E-state index contributed by atoms with van der Waals surface area (Å²) in [5.74, 6) is 0. The number of benzene rings is 4. The first kappa shape index (κ1) is 29.1. The molecule has 0 radical (unpaired) electrons. The van der Waals surface area contributed by atoms with Gasteiger partial charge in [0.05, 0.1) is 0 Å². The third-order valence-corrected chi connectivity index (χ3v) is 5.31. The molecule has 0 fully saturated rings. The van der Waals surface area contributed by atoms with E-state index in [1.54, 1.807) is 0 Å². The highest BCUT2D eigenvalue weighted by Gasteiger charge is 1.99. The van der Waals surface area contributed by atoms with Crippen LogP contribution in [0.4, 0.5) is 0 Å². The molecule has 0 aliphatic heterocycles. The van der Waals surface area contributed by atoms with Gasteiger partial charge in [-0.3, -0.25) is 0 Å². The third-order valence-electron chi connectivity index (χ3n) is 5.31. The van der Waals surface area contributed by atoms with E-state index in [9.17, 15) is 0 Å². The molecule has 0 saturated carbocycles. The Kier molecular flexibility index (Phi) is 14.6. The highest BCUT2D eigenvalue weighted by atomic mass is 14.0.